The Labute approximate surface area is 223 Å². The van der Waals surface area contributed by atoms with Gasteiger partial charge >= 0.3 is 0 Å². The highest BCUT2D eigenvalue weighted by Crippen LogP contribution is 2.33. The lowest BCUT2D eigenvalue weighted by Crippen LogP contribution is -2.04. The van der Waals surface area contributed by atoms with Crippen LogP contribution in [-0.4, -0.2) is 9.97 Å². The minimum atomic E-state index is -0.230. The predicted octanol–water partition coefficient (Wildman–Crippen LogP) is 8.04. The first kappa shape index (κ1) is 26.2. The van der Waals surface area contributed by atoms with Crippen molar-refractivity contribution in [1.82, 2.24) is 9.97 Å². The van der Waals surface area contributed by atoms with Gasteiger partial charge in [-0.05, 0) is 59.0 Å². The number of rotatable bonds is 7. The minimum Gasteiger partial charge on any atom is -0.398 e. The maximum absolute atomic E-state index is 14.5. The molecule has 38 heavy (non-hydrogen) atoms. The second-order valence-corrected chi connectivity index (χ2v) is 9.40. The summed E-state index contributed by atoms with van der Waals surface area (Å²) in [6.07, 6.45) is 12.3. The Morgan fingerprint density at radius 2 is 1.74 bits per heavy atom. The van der Waals surface area contributed by atoms with Crippen LogP contribution >= 0.6 is 0 Å². The molecule has 0 amide bonds. The topological polar surface area (TPSA) is 66.7 Å². The number of hydrogen-bond donors (Lipinski definition) is 3. The van der Waals surface area contributed by atoms with Crippen LogP contribution in [0.2, 0.25) is 0 Å². The Balaban J connectivity index is 0.00000164. The molecule has 0 atom stereocenters. The normalized spacial score (nSPS) is 10.7. The van der Waals surface area contributed by atoms with E-state index in [1.54, 1.807) is 12.3 Å². The SMILES string of the molecule is C#C.C=C(Nc1cncc(-c2ccc(N)c(Cc3cc4c(-c5ccccc5F)cccc4[nH]3)c2)c1)C(C)C. The summed E-state index contributed by atoms with van der Waals surface area (Å²) in [5, 5.41) is 4.33. The van der Waals surface area contributed by atoms with Crippen molar-refractivity contribution >= 4 is 22.3 Å². The second kappa shape index (κ2) is 11.5. The first-order valence-electron chi connectivity index (χ1n) is 12.4. The first-order valence-corrected chi connectivity index (χ1v) is 12.4. The van der Waals surface area contributed by atoms with E-state index in [4.69, 9.17) is 5.73 Å². The lowest BCUT2D eigenvalue weighted by atomic mass is 9.99. The van der Waals surface area contributed by atoms with Crippen molar-refractivity contribution in [2.45, 2.75) is 20.3 Å². The number of halogens is 1. The molecule has 5 aromatic rings. The van der Waals surface area contributed by atoms with Crippen LogP contribution in [0.4, 0.5) is 15.8 Å². The third-order valence-electron chi connectivity index (χ3n) is 6.48. The van der Waals surface area contributed by atoms with Gasteiger partial charge in [-0.1, -0.05) is 56.8 Å². The summed E-state index contributed by atoms with van der Waals surface area (Å²) in [5.41, 5.74) is 15.4. The van der Waals surface area contributed by atoms with E-state index in [1.807, 2.05) is 48.7 Å². The first-order chi connectivity index (χ1) is 18.4. The molecule has 2 heterocycles. The fourth-order valence-corrected chi connectivity index (χ4v) is 4.36. The number of nitrogens with one attached hydrogen (secondary N) is 2. The number of pyridine rings is 1. The number of nitrogens with two attached hydrogens (primary N) is 1. The van der Waals surface area contributed by atoms with Crippen molar-refractivity contribution in [3.63, 3.8) is 0 Å². The minimum absolute atomic E-state index is 0.230. The van der Waals surface area contributed by atoms with Gasteiger partial charge in [-0.3, -0.25) is 4.98 Å². The highest BCUT2D eigenvalue weighted by Gasteiger charge is 2.13. The van der Waals surface area contributed by atoms with Crippen LogP contribution in [0.15, 0.2) is 97.5 Å². The molecule has 2 aromatic heterocycles. The Morgan fingerprint density at radius 1 is 0.974 bits per heavy atom. The van der Waals surface area contributed by atoms with Crippen LogP contribution < -0.4 is 11.1 Å². The average molecular weight is 503 g/mol. The number of allylic oxidation sites excluding steroid dienone is 1. The molecule has 5 heteroatoms. The van der Waals surface area contributed by atoms with Gasteiger partial charge in [-0.15, -0.1) is 12.8 Å². The molecule has 4 N–H and O–H groups in total. The van der Waals surface area contributed by atoms with Crippen molar-refractivity contribution in [1.29, 1.82) is 0 Å². The molecule has 5 rings (SSSR count). The number of benzene rings is 3. The third-order valence-corrected chi connectivity index (χ3v) is 6.48. The summed E-state index contributed by atoms with van der Waals surface area (Å²) < 4.78 is 14.5. The summed E-state index contributed by atoms with van der Waals surface area (Å²) in [7, 11) is 0. The number of fused-ring (bicyclic) bond motifs is 1. The summed E-state index contributed by atoms with van der Waals surface area (Å²) in [6.45, 7) is 8.29. The Bertz CT molecular complexity index is 1610. The zero-order chi connectivity index (χ0) is 27.2. The van der Waals surface area contributed by atoms with Gasteiger partial charge in [0.25, 0.3) is 0 Å². The van der Waals surface area contributed by atoms with E-state index >= 15 is 0 Å². The number of nitrogen functional groups attached to an aromatic ring is 1. The number of hydrogen-bond acceptors (Lipinski definition) is 3. The number of H-pyrrole nitrogens is 1. The molecule has 3 aromatic carbocycles. The van der Waals surface area contributed by atoms with Crippen LogP contribution in [-0.2, 0) is 6.42 Å². The number of nitrogens with zero attached hydrogens (tertiary/aromatic N) is 1. The molecule has 0 aliphatic carbocycles. The second-order valence-electron chi connectivity index (χ2n) is 9.40. The molecule has 4 nitrogen and oxygen atoms in total. The van der Waals surface area contributed by atoms with Crippen LogP contribution in [0.1, 0.15) is 25.1 Å². The molecular weight excluding hydrogens is 471 g/mol. The smallest absolute Gasteiger partial charge is 0.131 e. The Hall–Kier alpha value is -4.82. The van der Waals surface area contributed by atoms with E-state index < -0.39 is 0 Å². The molecule has 0 saturated heterocycles. The number of anilines is 2. The van der Waals surface area contributed by atoms with E-state index in [9.17, 15) is 4.39 Å². The lowest BCUT2D eigenvalue weighted by molar-refractivity contribution is 0.631. The Kier molecular flexibility index (Phi) is 7.94. The molecule has 0 aliphatic heterocycles. The van der Waals surface area contributed by atoms with Gasteiger partial charge in [-0.2, -0.15) is 0 Å². The number of aromatic nitrogens is 2. The molecule has 0 saturated carbocycles. The highest BCUT2D eigenvalue weighted by molar-refractivity contribution is 5.96. The standard InChI is InChI=1S/C31H29FN4.C2H2/c1-19(2)20(3)35-25-15-23(17-34-18-25)21-11-12-30(33)22(13-21)14-24-16-28-26(8-6-10-31(28)36-24)27-7-4-5-9-29(27)32;1-2/h4-13,15-19,35-36H,3,14,33H2,1-2H3;1-2H. The zero-order valence-electron chi connectivity index (χ0n) is 21.6. The summed E-state index contributed by atoms with van der Waals surface area (Å²) >= 11 is 0. The fraction of sp³-hybridized carbons (Fsp3) is 0.121. The molecule has 190 valence electrons. The van der Waals surface area contributed by atoms with Gasteiger partial charge in [0.2, 0.25) is 0 Å². The van der Waals surface area contributed by atoms with E-state index in [0.29, 0.717) is 17.9 Å². The molecule has 0 aliphatic rings. The molecule has 0 bridgehead atoms. The van der Waals surface area contributed by atoms with Gasteiger partial charge in [-0.25, -0.2) is 4.39 Å². The molecule has 0 unspecified atom stereocenters. The quantitative estimate of drug-likeness (QED) is 0.156. The van der Waals surface area contributed by atoms with E-state index in [0.717, 1.165) is 55.9 Å². The van der Waals surface area contributed by atoms with E-state index in [2.05, 4.69) is 66.8 Å². The summed E-state index contributed by atoms with van der Waals surface area (Å²) in [6, 6.07) is 23.0. The predicted molar refractivity (Wildman–Crippen MR) is 158 cm³/mol. The van der Waals surface area contributed by atoms with Crippen LogP contribution in [0.25, 0.3) is 33.2 Å². The fourth-order valence-electron chi connectivity index (χ4n) is 4.36. The van der Waals surface area contributed by atoms with Gasteiger partial charge < -0.3 is 16.0 Å². The molecule has 0 fully saturated rings. The van der Waals surface area contributed by atoms with Gasteiger partial charge in [0, 0.05) is 51.7 Å². The maximum Gasteiger partial charge on any atom is 0.131 e. The van der Waals surface area contributed by atoms with Crippen LogP contribution in [0, 0.1) is 24.6 Å². The van der Waals surface area contributed by atoms with Gasteiger partial charge in [0.15, 0.2) is 0 Å². The van der Waals surface area contributed by atoms with Crippen LogP contribution in [0.5, 0.6) is 0 Å². The van der Waals surface area contributed by atoms with Gasteiger partial charge in [0.05, 0.1) is 11.9 Å². The number of aromatic amines is 1. The molecular formula is C33H31FN4. The lowest BCUT2D eigenvalue weighted by Gasteiger charge is -2.14. The van der Waals surface area contributed by atoms with Crippen LogP contribution in [0.3, 0.4) is 0 Å². The monoisotopic (exact) mass is 502 g/mol. The highest BCUT2D eigenvalue weighted by atomic mass is 19.1. The zero-order valence-corrected chi connectivity index (χ0v) is 21.6. The van der Waals surface area contributed by atoms with Crippen molar-refractivity contribution < 1.29 is 4.39 Å². The van der Waals surface area contributed by atoms with E-state index in [-0.39, 0.29) is 5.82 Å². The van der Waals surface area contributed by atoms with E-state index in [1.165, 1.54) is 6.07 Å². The van der Waals surface area contributed by atoms with Crippen molar-refractivity contribution in [2.24, 2.45) is 5.92 Å². The maximum atomic E-state index is 14.5. The molecule has 0 spiro atoms. The van der Waals surface area contributed by atoms with Crippen molar-refractivity contribution in [3.8, 4) is 35.1 Å². The van der Waals surface area contributed by atoms with Crippen molar-refractivity contribution in [3.05, 3.63) is 115 Å². The Morgan fingerprint density at radius 3 is 2.50 bits per heavy atom. The average Bonchev–Trinajstić information content (AvgIpc) is 3.34. The molecule has 0 radical (unpaired) electrons. The largest absolute Gasteiger partial charge is 0.398 e. The third kappa shape index (κ3) is 5.61. The van der Waals surface area contributed by atoms with Crippen molar-refractivity contribution in [2.75, 3.05) is 11.1 Å². The number of terminal acetylenes is 1. The summed E-state index contributed by atoms with van der Waals surface area (Å²) in [5.74, 6) is 0.0963. The summed E-state index contributed by atoms with van der Waals surface area (Å²) in [4.78, 5) is 7.90. The van der Waals surface area contributed by atoms with Gasteiger partial charge in [0.1, 0.15) is 5.82 Å².